The first kappa shape index (κ1) is 16.9. The number of carbonyl (C=O) groups is 1. The molecule has 1 aromatic heterocycles. The van der Waals surface area contributed by atoms with Crippen LogP contribution in [0, 0.1) is 0 Å². The Balaban J connectivity index is 1.50. The molecule has 0 bridgehead atoms. The predicted molar refractivity (Wildman–Crippen MR) is 107 cm³/mol. The third-order valence-electron chi connectivity index (χ3n) is 4.30. The molecular weight excluding hydrogens is 372 g/mol. The molecule has 1 saturated carbocycles. The Morgan fingerprint density at radius 3 is 2.68 bits per heavy atom. The number of benzene rings is 2. The van der Waals surface area contributed by atoms with Crippen LogP contribution >= 0.6 is 34.7 Å². The maximum atomic E-state index is 12.3. The fraction of sp³-hybridized carbons (Fsp3) is 0.263. The molecule has 0 radical (unpaired) electrons. The molecule has 1 aliphatic rings. The summed E-state index contributed by atoms with van der Waals surface area (Å²) in [6.45, 7) is 0. The highest BCUT2D eigenvalue weighted by Gasteiger charge is 2.18. The van der Waals surface area contributed by atoms with Gasteiger partial charge in [0, 0.05) is 21.5 Å². The van der Waals surface area contributed by atoms with Crippen molar-refractivity contribution in [2.24, 2.45) is 0 Å². The van der Waals surface area contributed by atoms with Crippen LogP contribution in [0.25, 0.3) is 10.2 Å². The van der Waals surface area contributed by atoms with Gasteiger partial charge in [0.2, 0.25) is 0 Å². The van der Waals surface area contributed by atoms with Crippen LogP contribution in [0.15, 0.2) is 46.8 Å². The summed E-state index contributed by atoms with van der Waals surface area (Å²) in [7, 11) is 0. The Labute approximate surface area is 159 Å². The van der Waals surface area contributed by atoms with Gasteiger partial charge in [0.25, 0.3) is 5.91 Å². The Bertz CT molecular complexity index is 901. The van der Waals surface area contributed by atoms with Crippen LogP contribution in [0.4, 0.5) is 5.69 Å². The molecule has 1 heterocycles. The molecule has 1 amide bonds. The van der Waals surface area contributed by atoms with E-state index in [4.69, 9.17) is 16.6 Å². The highest BCUT2D eigenvalue weighted by molar-refractivity contribution is 8.01. The van der Waals surface area contributed by atoms with Gasteiger partial charge in [-0.3, -0.25) is 4.79 Å². The summed E-state index contributed by atoms with van der Waals surface area (Å²) in [5.41, 5.74) is 2.37. The van der Waals surface area contributed by atoms with Gasteiger partial charge < -0.3 is 5.32 Å². The van der Waals surface area contributed by atoms with E-state index in [0.717, 1.165) is 20.2 Å². The summed E-state index contributed by atoms with van der Waals surface area (Å²) in [5, 5.41) is 4.28. The van der Waals surface area contributed by atoms with Crippen molar-refractivity contribution in [2.45, 2.75) is 35.3 Å². The van der Waals surface area contributed by atoms with Gasteiger partial charge in [0.15, 0.2) is 4.34 Å². The molecule has 1 N–H and O–H groups in total. The van der Waals surface area contributed by atoms with E-state index in [-0.39, 0.29) is 5.91 Å². The van der Waals surface area contributed by atoms with E-state index >= 15 is 0 Å². The summed E-state index contributed by atoms with van der Waals surface area (Å²) in [6.07, 6.45) is 5.26. The number of hydrogen-bond acceptors (Lipinski definition) is 4. The molecule has 4 rings (SSSR count). The second-order valence-corrected chi connectivity index (χ2v) is 9.16. The van der Waals surface area contributed by atoms with Crippen LogP contribution in [-0.4, -0.2) is 16.1 Å². The van der Waals surface area contributed by atoms with E-state index in [1.54, 1.807) is 35.6 Å². The van der Waals surface area contributed by atoms with Crippen LogP contribution in [-0.2, 0) is 0 Å². The van der Waals surface area contributed by atoms with Crippen molar-refractivity contribution in [3.05, 3.63) is 53.1 Å². The molecule has 25 heavy (non-hydrogen) atoms. The number of nitrogens with zero attached hydrogens (tertiary/aromatic N) is 1. The van der Waals surface area contributed by atoms with Gasteiger partial charge in [-0.1, -0.05) is 36.2 Å². The van der Waals surface area contributed by atoms with E-state index < -0.39 is 0 Å². The lowest BCUT2D eigenvalue weighted by Crippen LogP contribution is -2.11. The standard InChI is InChI=1S/C19H17ClN2OS2/c20-13-7-5-12(6-8-13)18(23)21-14-9-10-16-17(11-14)25-19(22-16)24-15-3-1-2-4-15/h5-11,15H,1-4H2,(H,21,23). The zero-order chi connectivity index (χ0) is 17.2. The molecule has 0 atom stereocenters. The topological polar surface area (TPSA) is 42.0 Å². The van der Waals surface area contributed by atoms with Gasteiger partial charge in [-0.05, 0) is 55.3 Å². The molecule has 0 spiro atoms. The van der Waals surface area contributed by atoms with Gasteiger partial charge in [0.1, 0.15) is 0 Å². The fourth-order valence-corrected chi connectivity index (χ4v) is 5.72. The highest BCUT2D eigenvalue weighted by Crippen LogP contribution is 2.38. The second kappa shape index (κ2) is 7.36. The van der Waals surface area contributed by atoms with Crippen molar-refractivity contribution in [2.75, 3.05) is 5.32 Å². The summed E-state index contributed by atoms with van der Waals surface area (Å²) < 4.78 is 2.23. The highest BCUT2D eigenvalue weighted by atomic mass is 35.5. The number of thiazole rings is 1. The van der Waals surface area contributed by atoms with Crippen LogP contribution in [0.3, 0.4) is 0 Å². The fourth-order valence-electron chi connectivity index (χ4n) is 2.98. The van der Waals surface area contributed by atoms with Gasteiger partial charge in [-0.25, -0.2) is 4.98 Å². The van der Waals surface area contributed by atoms with Gasteiger partial charge >= 0.3 is 0 Å². The molecule has 128 valence electrons. The van der Waals surface area contributed by atoms with Crippen molar-refractivity contribution in [3.8, 4) is 0 Å². The number of nitrogens with one attached hydrogen (secondary N) is 1. The summed E-state index contributed by atoms with van der Waals surface area (Å²) in [4.78, 5) is 17.0. The molecule has 0 aliphatic heterocycles. The number of carbonyl (C=O) groups excluding carboxylic acids is 1. The minimum atomic E-state index is -0.138. The van der Waals surface area contributed by atoms with Crippen molar-refractivity contribution in [1.29, 1.82) is 0 Å². The molecule has 0 saturated heterocycles. The molecular formula is C19H17ClN2OS2. The first-order chi connectivity index (χ1) is 12.2. The Hall–Kier alpha value is -1.56. The lowest BCUT2D eigenvalue weighted by atomic mass is 10.2. The van der Waals surface area contributed by atoms with Crippen molar-refractivity contribution < 1.29 is 4.79 Å². The minimum Gasteiger partial charge on any atom is -0.322 e. The number of thioether (sulfide) groups is 1. The number of fused-ring (bicyclic) bond motifs is 1. The Kier molecular flexibility index (Phi) is 4.97. The molecule has 2 aromatic carbocycles. The lowest BCUT2D eigenvalue weighted by molar-refractivity contribution is 0.102. The van der Waals surface area contributed by atoms with Crippen molar-refractivity contribution in [1.82, 2.24) is 4.98 Å². The monoisotopic (exact) mass is 388 g/mol. The third-order valence-corrected chi connectivity index (χ3v) is 7.00. The average molecular weight is 389 g/mol. The van der Waals surface area contributed by atoms with Crippen LogP contribution in [0.2, 0.25) is 5.02 Å². The van der Waals surface area contributed by atoms with E-state index in [1.165, 1.54) is 25.7 Å². The van der Waals surface area contributed by atoms with Crippen LogP contribution in [0.5, 0.6) is 0 Å². The summed E-state index contributed by atoms with van der Waals surface area (Å²) in [6, 6.07) is 12.8. The number of hydrogen-bond donors (Lipinski definition) is 1. The minimum absolute atomic E-state index is 0.138. The Morgan fingerprint density at radius 1 is 1.16 bits per heavy atom. The van der Waals surface area contributed by atoms with Gasteiger partial charge in [0.05, 0.1) is 10.2 Å². The molecule has 6 heteroatoms. The van der Waals surface area contributed by atoms with Crippen molar-refractivity contribution in [3.63, 3.8) is 0 Å². The first-order valence-electron chi connectivity index (χ1n) is 8.31. The van der Waals surface area contributed by atoms with E-state index in [2.05, 4.69) is 5.32 Å². The first-order valence-corrected chi connectivity index (χ1v) is 10.4. The maximum Gasteiger partial charge on any atom is 0.255 e. The summed E-state index contributed by atoms with van der Waals surface area (Å²) >= 11 is 9.47. The smallest absolute Gasteiger partial charge is 0.255 e. The molecule has 1 aliphatic carbocycles. The maximum absolute atomic E-state index is 12.3. The normalized spacial score (nSPS) is 14.9. The SMILES string of the molecule is O=C(Nc1ccc2nc(SC3CCCC3)sc2c1)c1ccc(Cl)cc1. The number of anilines is 1. The van der Waals surface area contributed by atoms with E-state index in [9.17, 15) is 4.79 Å². The largest absolute Gasteiger partial charge is 0.322 e. The third kappa shape index (κ3) is 4.00. The molecule has 3 aromatic rings. The van der Waals surface area contributed by atoms with E-state index in [1.807, 2.05) is 30.0 Å². The predicted octanol–water partition coefficient (Wildman–Crippen LogP) is 6.24. The lowest BCUT2D eigenvalue weighted by Gasteiger charge is -2.05. The molecule has 1 fully saturated rings. The van der Waals surface area contributed by atoms with E-state index in [0.29, 0.717) is 15.8 Å². The summed E-state index contributed by atoms with van der Waals surface area (Å²) in [5.74, 6) is -0.138. The number of halogens is 1. The number of amides is 1. The number of rotatable bonds is 4. The molecule has 0 unspecified atom stereocenters. The zero-order valence-electron chi connectivity index (χ0n) is 13.5. The van der Waals surface area contributed by atoms with Crippen LogP contribution in [0.1, 0.15) is 36.0 Å². The van der Waals surface area contributed by atoms with Crippen molar-refractivity contribution >= 4 is 56.5 Å². The average Bonchev–Trinajstić information content (AvgIpc) is 3.24. The quantitative estimate of drug-likeness (QED) is 0.575. The zero-order valence-corrected chi connectivity index (χ0v) is 15.9. The Morgan fingerprint density at radius 2 is 1.92 bits per heavy atom. The second-order valence-electron chi connectivity index (χ2n) is 6.15. The molecule has 3 nitrogen and oxygen atoms in total. The van der Waals surface area contributed by atoms with Gasteiger partial charge in [-0.2, -0.15) is 0 Å². The van der Waals surface area contributed by atoms with Crippen LogP contribution < -0.4 is 5.32 Å². The van der Waals surface area contributed by atoms with Gasteiger partial charge in [-0.15, -0.1) is 11.3 Å². The number of aromatic nitrogens is 1.